The first-order valence-electron chi connectivity index (χ1n) is 10.5. The Morgan fingerprint density at radius 1 is 1.10 bits per heavy atom. The lowest BCUT2D eigenvalue weighted by molar-refractivity contribution is -0.141. The number of amides is 1. The van der Waals surface area contributed by atoms with Crippen molar-refractivity contribution in [1.29, 1.82) is 0 Å². The van der Waals surface area contributed by atoms with Crippen LogP contribution in [0.4, 0.5) is 0 Å². The van der Waals surface area contributed by atoms with Crippen molar-refractivity contribution in [3.8, 4) is 0 Å². The summed E-state index contributed by atoms with van der Waals surface area (Å²) in [5.41, 5.74) is 0.922. The van der Waals surface area contributed by atoms with Crippen LogP contribution in [0.1, 0.15) is 65.4 Å². The molecule has 6 nitrogen and oxygen atoms in total. The zero-order valence-electron chi connectivity index (χ0n) is 17.9. The number of carboxylic acid groups (broad SMARTS) is 1. The highest BCUT2D eigenvalue weighted by Crippen LogP contribution is 2.36. The van der Waals surface area contributed by atoms with Gasteiger partial charge in [-0.1, -0.05) is 37.1 Å². The van der Waals surface area contributed by atoms with Gasteiger partial charge in [0.15, 0.2) is 0 Å². The number of carbonyl (C=O) groups excluding carboxylic acids is 1. The van der Waals surface area contributed by atoms with Crippen molar-refractivity contribution in [2.45, 2.75) is 83.5 Å². The topological polar surface area (TPSA) is 84.9 Å². The van der Waals surface area contributed by atoms with Gasteiger partial charge in [-0.25, -0.2) is 4.79 Å². The third kappa shape index (κ3) is 5.20. The van der Waals surface area contributed by atoms with Gasteiger partial charge in [0.2, 0.25) is 5.91 Å². The van der Waals surface area contributed by atoms with E-state index < -0.39 is 30.3 Å². The molecule has 2 N–H and O–H groups in total. The number of carbonyl (C=O) groups is 2. The molecule has 1 saturated heterocycles. The summed E-state index contributed by atoms with van der Waals surface area (Å²) in [6.45, 7) is 8.03. The Morgan fingerprint density at radius 2 is 1.66 bits per heavy atom. The predicted molar refractivity (Wildman–Crippen MR) is 112 cm³/mol. The van der Waals surface area contributed by atoms with Crippen LogP contribution in [0.15, 0.2) is 24.3 Å². The minimum Gasteiger partial charge on any atom is -0.480 e. The Bertz CT molecular complexity index is 724. The lowest BCUT2D eigenvalue weighted by Gasteiger charge is -2.32. The fourth-order valence-corrected chi connectivity index (χ4v) is 3.96. The van der Waals surface area contributed by atoms with Gasteiger partial charge in [0.05, 0.1) is 11.2 Å². The molecule has 2 aliphatic rings. The second-order valence-electron chi connectivity index (χ2n) is 9.35. The van der Waals surface area contributed by atoms with Gasteiger partial charge in [-0.05, 0) is 57.5 Å². The minimum absolute atomic E-state index is 0.168. The van der Waals surface area contributed by atoms with Crippen molar-refractivity contribution >= 4 is 24.5 Å². The molecule has 29 heavy (non-hydrogen) atoms. The first-order valence-corrected chi connectivity index (χ1v) is 10.5. The van der Waals surface area contributed by atoms with E-state index in [-0.39, 0.29) is 12.3 Å². The van der Waals surface area contributed by atoms with E-state index in [0.29, 0.717) is 12.3 Å². The van der Waals surface area contributed by atoms with Crippen LogP contribution in [-0.4, -0.2) is 41.3 Å². The van der Waals surface area contributed by atoms with Crippen molar-refractivity contribution < 1.29 is 24.0 Å². The van der Waals surface area contributed by atoms with Gasteiger partial charge in [0.1, 0.15) is 6.04 Å². The van der Waals surface area contributed by atoms with Crippen LogP contribution in [-0.2, 0) is 25.3 Å². The summed E-state index contributed by atoms with van der Waals surface area (Å²) in [5.74, 6) is -0.790. The quantitative estimate of drug-likeness (QED) is 0.687. The molecule has 1 aromatic rings. The molecular formula is C22H32BNO5. The molecule has 0 radical (unpaired) electrons. The highest BCUT2D eigenvalue weighted by molar-refractivity contribution is 6.62. The molecule has 1 aliphatic heterocycles. The normalized spacial score (nSPS) is 21.9. The highest BCUT2D eigenvalue weighted by Gasteiger charge is 2.51. The fraction of sp³-hybridized carbons (Fsp3) is 0.636. The summed E-state index contributed by atoms with van der Waals surface area (Å²) in [5, 5.41) is 12.2. The van der Waals surface area contributed by atoms with E-state index >= 15 is 0 Å². The zero-order chi connectivity index (χ0) is 21.2. The molecule has 0 spiro atoms. The van der Waals surface area contributed by atoms with E-state index in [1.807, 2.05) is 52.0 Å². The number of nitrogens with one attached hydrogen (secondary N) is 1. The van der Waals surface area contributed by atoms with Crippen molar-refractivity contribution in [1.82, 2.24) is 5.32 Å². The summed E-state index contributed by atoms with van der Waals surface area (Å²) in [7, 11) is -0.449. The zero-order valence-corrected chi connectivity index (χ0v) is 17.9. The average Bonchev–Trinajstić information content (AvgIpc) is 3.20. The monoisotopic (exact) mass is 401 g/mol. The number of hydrogen-bond donors (Lipinski definition) is 2. The summed E-state index contributed by atoms with van der Waals surface area (Å²) >= 11 is 0. The molecule has 0 bridgehead atoms. The van der Waals surface area contributed by atoms with Crippen LogP contribution < -0.4 is 10.8 Å². The van der Waals surface area contributed by atoms with E-state index in [2.05, 4.69) is 5.32 Å². The standard InChI is InChI=1S/C22H32BNO5/c1-21(2)22(3,4)29-23(28-21)17-11-9-16(10-12-17)13-18(20(26)27)24-19(25)14-15-7-5-6-8-15/h9-12,15,18H,5-8,13-14H2,1-4H3,(H,24,25)(H,26,27)/t18-/m0/s1. The number of rotatable bonds is 7. The van der Waals surface area contributed by atoms with E-state index in [1.54, 1.807) is 0 Å². The largest absolute Gasteiger partial charge is 0.494 e. The van der Waals surface area contributed by atoms with Gasteiger partial charge >= 0.3 is 13.1 Å². The van der Waals surface area contributed by atoms with Gasteiger partial charge in [-0.15, -0.1) is 0 Å². The van der Waals surface area contributed by atoms with Crippen molar-refractivity contribution in [2.24, 2.45) is 5.92 Å². The molecule has 1 aliphatic carbocycles. The maximum Gasteiger partial charge on any atom is 0.494 e. The molecule has 1 atom stereocenters. The summed E-state index contributed by atoms with van der Waals surface area (Å²) in [6, 6.07) is 6.62. The number of hydrogen-bond acceptors (Lipinski definition) is 4. The summed E-state index contributed by atoms with van der Waals surface area (Å²) < 4.78 is 12.1. The molecule has 1 saturated carbocycles. The second kappa shape index (κ2) is 8.48. The molecule has 1 aromatic carbocycles. The van der Waals surface area contributed by atoms with Crippen LogP contribution in [0.5, 0.6) is 0 Å². The Kier molecular flexibility index (Phi) is 6.39. The van der Waals surface area contributed by atoms with Gasteiger partial charge in [0.25, 0.3) is 0 Å². The van der Waals surface area contributed by atoms with Gasteiger partial charge in [0, 0.05) is 12.8 Å². The third-order valence-corrected chi connectivity index (χ3v) is 6.53. The lowest BCUT2D eigenvalue weighted by Crippen LogP contribution is -2.42. The van der Waals surface area contributed by atoms with Crippen LogP contribution in [0, 0.1) is 5.92 Å². The SMILES string of the molecule is CC1(C)OB(c2ccc(C[C@H](NC(=O)CC3CCCC3)C(=O)O)cc2)OC1(C)C. The van der Waals surface area contributed by atoms with Crippen LogP contribution in [0.2, 0.25) is 0 Å². The smallest absolute Gasteiger partial charge is 0.480 e. The fourth-order valence-electron chi connectivity index (χ4n) is 3.96. The maximum atomic E-state index is 12.2. The Balaban J connectivity index is 1.59. The van der Waals surface area contributed by atoms with E-state index in [0.717, 1.165) is 36.7 Å². The third-order valence-electron chi connectivity index (χ3n) is 6.53. The van der Waals surface area contributed by atoms with E-state index in [1.165, 1.54) is 0 Å². The highest BCUT2D eigenvalue weighted by atomic mass is 16.7. The molecule has 158 valence electrons. The molecule has 3 rings (SSSR count). The van der Waals surface area contributed by atoms with Crippen LogP contribution in [0.3, 0.4) is 0 Å². The Labute approximate surface area is 173 Å². The van der Waals surface area contributed by atoms with Gasteiger partial charge < -0.3 is 19.7 Å². The Hall–Kier alpha value is -1.86. The number of benzene rings is 1. The number of aliphatic carboxylic acids is 1. The molecule has 2 fully saturated rings. The molecular weight excluding hydrogens is 369 g/mol. The Morgan fingerprint density at radius 3 is 2.17 bits per heavy atom. The first-order chi connectivity index (χ1) is 13.6. The summed E-state index contributed by atoms with van der Waals surface area (Å²) in [4.78, 5) is 23.9. The van der Waals surface area contributed by atoms with Gasteiger partial charge in [-0.2, -0.15) is 0 Å². The first kappa shape index (κ1) is 21.8. The average molecular weight is 401 g/mol. The van der Waals surface area contributed by atoms with Crippen molar-refractivity contribution in [2.75, 3.05) is 0 Å². The molecule has 1 amide bonds. The number of carboxylic acids is 1. The van der Waals surface area contributed by atoms with Crippen molar-refractivity contribution in [3.63, 3.8) is 0 Å². The lowest BCUT2D eigenvalue weighted by atomic mass is 9.78. The molecule has 0 unspecified atom stereocenters. The van der Waals surface area contributed by atoms with E-state index in [4.69, 9.17) is 9.31 Å². The predicted octanol–water partition coefficient (Wildman–Crippen LogP) is 2.68. The second-order valence-corrected chi connectivity index (χ2v) is 9.35. The molecule has 7 heteroatoms. The molecule has 0 aromatic heterocycles. The summed E-state index contributed by atoms with van der Waals surface area (Å²) in [6.07, 6.45) is 5.11. The van der Waals surface area contributed by atoms with Gasteiger partial charge in [-0.3, -0.25) is 4.79 Å². The minimum atomic E-state index is -1.01. The molecule has 1 heterocycles. The van der Waals surface area contributed by atoms with Crippen LogP contribution >= 0.6 is 0 Å². The van der Waals surface area contributed by atoms with Crippen molar-refractivity contribution in [3.05, 3.63) is 29.8 Å². The maximum absolute atomic E-state index is 12.2. The van der Waals surface area contributed by atoms with Crippen LogP contribution in [0.25, 0.3) is 0 Å². The van der Waals surface area contributed by atoms with E-state index in [9.17, 15) is 14.7 Å².